The molecule has 1 amide bonds. The number of aromatic amines is 2. The van der Waals surface area contributed by atoms with Crippen molar-refractivity contribution in [3.63, 3.8) is 0 Å². The van der Waals surface area contributed by atoms with Gasteiger partial charge in [-0.05, 0) is 93.8 Å². The number of hydrogen-bond acceptors (Lipinski definition) is 5. The summed E-state index contributed by atoms with van der Waals surface area (Å²) in [5.74, 6) is -0.589. The summed E-state index contributed by atoms with van der Waals surface area (Å²) in [6.45, 7) is 4.36. The summed E-state index contributed by atoms with van der Waals surface area (Å²) in [7, 11) is 2.10. The quantitative estimate of drug-likeness (QED) is 0.344. The first-order chi connectivity index (χ1) is 18.8. The molecule has 0 aliphatic carbocycles. The summed E-state index contributed by atoms with van der Waals surface area (Å²) in [4.78, 5) is 41.1. The van der Waals surface area contributed by atoms with Crippen molar-refractivity contribution < 1.29 is 13.6 Å². The summed E-state index contributed by atoms with van der Waals surface area (Å²) in [5, 5.41) is 3.25. The van der Waals surface area contributed by atoms with Gasteiger partial charge in [0.15, 0.2) is 0 Å². The number of amides is 1. The van der Waals surface area contributed by atoms with Crippen LogP contribution in [0.25, 0.3) is 22.4 Å². The van der Waals surface area contributed by atoms with Crippen LogP contribution in [-0.4, -0.2) is 62.9 Å². The third-order valence-electron chi connectivity index (χ3n) is 7.80. The van der Waals surface area contributed by atoms with Crippen molar-refractivity contribution in [1.82, 2.24) is 24.8 Å². The summed E-state index contributed by atoms with van der Waals surface area (Å²) < 4.78 is 27.8. The van der Waals surface area contributed by atoms with E-state index in [0.717, 1.165) is 49.1 Å². The number of H-pyrrole nitrogens is 2. The molecule has 10 heteroatoms. The minimum atomic E-state index is -0.502. The van der Waals surface area contributed by atoms with Crippen LogP contribution < -0.4 is 10.9 Å². The van der Waals surface area contributed by atoms with Gasteiger partial charge in [0.2, 0.25) is 0 Å². The second kappa shape index (κ2) is 9.92. The van der Waals surface area contributed by atoms with Crippen molar-refractivity contribution in [1.29, 1.82) is 0 Å². The summed E-state index contributed by atoms with van der Waals surface area (Å²) >= 11 is 0. The SMILES string of the molecule is CC(Cc1cc(F)ccc1F)Nc1cc[nH]c(=O)c1-c1nc2cc3c(cc2[nH]1)CN(C1CCN(C)CC1)C3=O. The number of nitrogens with zero attached hydrogens (tertiary/aromatic N) is 3. The Morgan fingerprint density at radius 1 is 1.13 bits per heavy atom. The molecule has 0 bridgehead atoms. The van der Waals surface area contributed by atoms with Gasteiger partial charge in [0, 0.05) is 30.4 Å². The monoisotopic (exact) mass is 532 g/mol. The molecule has 8 nitrogen and oxygen atoms in total. The molecule has 1 unspecified atom stereocenters. The van der Waals surface area contributed by atoms with Crippen LogP contribution in [0.15, 0.2) is 47.4 Å². The normalized spacial score (nSPS) is 17.1. The maximum Gasteiger partial charge on any atom is 0.261 e. The smallest absolute Gasteiger partial charge is 0.261 e. The molecule has 0 radical (unpaired) electrons. The molecule has 1 saturated heterocycles. The fraction of sp³-hybridized carbons (Fsp3) is 0.345. The zero-order valence-corrected chi connectivity index (χ0v) is 21.9. The van der Waals surface area contributed by atoms with E-state index >= 15 is 0 Å². The Morgan fingerprint density at radius 2 is 1.92 bits per heavy atom. The van der Waals surface area contributed by atoms with Gasteiger partial charge >= 0.3 is 0 Å². The number of benzene rings is 2. The van der Waals surface area contributed by atoms with E-state index in [2.05, 4.69) is 32.2 Å². The van der Waals surface area contributed by atoms with E-state index in [-0.39, 0.29) is 35.5 Å². The molecule has 2 aliphatic rings. The average molecular weight is 533 g/mol. The van der Waals surface area contributed by atoms with E-state index in [0.29, 0.717) is 34.7 Å². The predicted octanol–water partition coefficient (Wildman–Crippen LogP) is 4.29. The summed E-state index contributed by atoms with van der Waals surface area (Å²) in [6.07, 6.45) is 3.68. The molecule has 4 heterocycles. The number of carbonyl (C=O) groups excluding carboxylic acids is 1. The lowest BCUT2D eigenvalue weighted by Gasteiger charge is -2.34. The molecular formula is C29H30F2N6O2. The Labute approximate surface area is 224 Å². The molecule has 6 rings (SSSR count). The molecule has 1 fully saturated rings. The van der Waals surface area contributed by atoms with Gasteiger partial charge in [0.25, 0.3) is 11.5 Å². The van der Waals surface area contributed by atoms with Crippen LogP contribution in [0.4, 0.5) is 14.5 Å². The highest BCUT2D eigenvalue weighted by molar-refractivity contribution is 6.02. The second-order valence-electron chi connectivity index (χ2n) is 10.7. The number of pyridine rings is 1. The molecule has 202 valence electrons. The average Bonchev–Trinajstić information content (AvgIpc) is 3.45. The maximum atomic E-state index is 14.2. The summed E-state index contributed by atoms with van der Waals surface area (Å²) in [5.41, 5.74) is 3.67. The van der Waals surface area contributed by atoms with Crippen LogP contribution in [0.5, 0.6) is 0 Å². The number of aromatic nitrogens is 3. The van der Waals surface area contributed by atoms with Crippen LogP contribution in [0.2, 0.25) is 0 Å². The standard InChI is InChI=1S/C29H30F2N6O2/c1-16(11-17-12-19(30)3-4-22(17)31)33-23-5-8-32-28(38)26(23)27-34-24-13-18-15-37(20-6-9-36(2)10-7-20)29(39)21(18)14-25(24)35-27/h3-5,8,12-14,16,20H,6-7,9-11,15H2,1-2H3,(H,34,35)(H2,32,33,38). The van der Waals surface area contributed by atoms with Gasteiger partial charge in [0.1, 0.15) is 23.0 Å². The zero-order valence-electron chi connectivity index (χ0n) is 21.9. The van der Waals surface area contributed by atoms with Gasteiger partial charge in [-0.1, -0.05) is 0 Å². The van der Waals surface area contributed by atoms with E-state index < -0.39 is 11.6 Å². The van der Waals surface area contributed by atoms with Gasteiger partial charge < -0.3 is 25.1 Å². The highest BCUT2D eigenvalue weighted by atomic mass is 19.1. The number of fused-ring (bicyclic) bond motifs is 2. The van der Waals surface area contributed by atoms with E-state index in [4.69, 9.17) is 0 Å². The molecule has 1 atom stereocenters. The molecular weight excluding hydrogens is 502 g/mol. The van der Waals surface area contributed by atoms with Gasteiger partial charge in [-0.3, -0.25) is 9.59 Å². The molecule has 2 aromatic heterocycles. The molecule has 0 saturated carbocycles. The Kier molecular flexibility index (Phi) is 6.42. The van der Waals surface area contributed by atoms with E-state index in [1.54, 1.807) is 6.07 Å². The molecule has 0 spiro atoms. The van der Waals surface area contributed by atoms with Crippen LogP contribution in [0.1, 0.15) is 41.3 Å². The van der Waals surface area contributed by atoms with Crippen molar-refractivity contribution >= 4 is 22.6 Å². The van der Waals surface area contributed by atoms with E-state index in [9.17, 15) is 18.4 Å². The van der Waals surface area contributed by atoms with Gasteiger partial charge in [-0.25, -0.2) is 13.8 Å². The number of hydrogen-bond donors (Lipinski definition) is 3. The number of carbonyl (C=O) groups is 1. The van der Waals surface area contributed by atoms with Crippen molar-refractivity contribution in [2.75, 3.05) is 25.5 Å². The molecule has 3 N–H and O–H groups in total. The van der Waals surface area contributed by atoms with E-state index in [1.165, 1.54) is 12.3 Å². The molecule has 2 aliphatic heterocycles. The Balaban J connectivity index is 1.27. The number of imidazole rings is 1. The largest absolute Gasteiger partial charge is 0.381 e. The first-order valence-corrected chi connectivity index (χ1v) is 13.2. The molecule has 2 aromatic carbocycles. The second-order valence-corrected chi connectivity index (χ2v) is 10.7. The zero-order chi connectivity index (χ0) is 27.3. The van der Waals surface area contributed by atoms with Crippen LogP contribution in [-0.2, 0) is 13.0 Å². The van der Waals surface area contributed by atoms with Crippen molar-refractivity contribution in [3.05, 3.63) is 81.3 Å². The van der Waals surface area contributed by atoms with Crippen molar-refractivity contribution in [2.24, 2.45) is 0 Å². The van der Waals surface area contributed by atoms with Crippen LogP contribution >= 0.6 is 0 Å². The number of halogens is 2. The number of nitrogens with one attached hydrogen (secondary N) is 3. The predicted molar refractivity (Wildman–Crippen MR) is 146 cm³/mol. The first kappa shape index (κ1) is 25.2. The lowest BCUT2D eigenvalue weighted by Crippen LogP contribution is -2.43. The van der Waals surface area contributed by atoms with Crippen molar-refractivity contribution in [3.8, 4) is 11.4 Å². The topological polar surface area (TPSA) is 97.1 Å². The molecule has 4 aromatic rings. The number of anilines is 1. The Morgan fingerprint density at radius 3 is 2.72 bits per heavy atom. The highest BCUT2D eigenvalue weighted by Crippen LogP contribution is 2.32. The van der Waals surface area contributed by atoms with Gasteiger partial charge in [-0.2, -0.15) is 0 Å². The van der Waals surface area contributed by atoms with E-state index in [1.807, 2.05) is 24.0 Å². The van der Waals surface area contributed by atoms with Crippen LogP contribution in [0.3, 0.4) is 0 Å². The Hall–Kier alpha value is -4.05. The molecule has 39 heavy (non-hydrogen) atoms. The van der Waals surface area contributed by atoms with Crippen molar-refractivity contribution in [2.45, 2.75) is 44.8 Å². The number of rotatable bonds is 6. The van der Waals surface area contributed by atoms with Gasteiger partial charge in [-0.15, -0.1) is 0 Å². The Bertz CT molecular complexity index is 1620. The third-order valence-corrected chi connectivity index (χ3v) is 7.80. The maximum absolute atomic E-state index is 14.2. The minimum Gasteiger partial charge on any atom is -0.381 e. The fourth-order valence-corrected chi connectivity index (χ4v) is 5.74. The third kappa shape index (κ3) is 4.80. The number of piperidine rings is 1. The lowest BCUT2D eigenvalue weighted by molar-refractivity contribution is 0.0617. The number of likely N-dealkylation sites (tertiary alicyclic amines) is 1. The first-order valence-electron chi connectivity index (χ1n) is 13.2. The lowest BCUT2D eigenvalue weighted by atomic mass is 10.0. The minimum absolute atomic E-state index is 0.0318. The van der Waals surface area contributed by atoms with Gasteiger partial charge in [0.05, 0.1) is 16.7 Å². The summed E-state index contributed by atoms with van der Waals surface area (Å²) in [6, 6.07) is 8.78. The van der Waals surface area contributed by atoms with Crippen LogP contribution in [0, 0.1) is 11.6 Å². The fourth-order valence-electron chi connectivity index (χ4n) is 5.74. The highest BCUT2D eigenvalue weighted by Gasteiger charge is 2.34.